The highest BCUT2D eigenvalue weighted by molar-refractivity contribution is 5.79. The van der Waals surface area contributed by atoms with Gasteiger partial charge in [-0.2, -0.15) is 0 Å². The van der Waals surface area contributed by atoms with E-state index in [1.54, 1.807) is 0 Å². The molecule has 0 aromatic heterocycles. The number of ketones is 1. The lowest BCUT2D eigenvalue weighted by Crippen LogP contribution is -2.08. The lowest BCUT2D eigenvalue weighted by atomic mass is 9.86. The third-order valence-electron chi connectivity index (χ3n) is 3.64. The van der Waals surface area contributed by atoms with E-state index in [0.29, 0.717) is 18.6 Å². The molecule has 0 radical (unpaired) electrons. The minimum absolute atomic E-state index is 0.182. The van der Waals surface area contributed by atoms with Crippen molar-refractivity contribution in [2.45, 2.75) is 38.5 Å². The summed E-state index contributed by atoms with van der Waals surface area (Å²) < 4.78 is 0. The molecule has 0 aliphatic carbocycles. The fraction of sp³-hybridized carbons (Fsp3) is 0.316. The number of unbranched alkanes of at least 4 members (excludes halogenated alkanes) is 1. The fourth-order valence-electron chi connectivity index (χ4n) is 2.50. The smallest absolute Gasteiger partial charge is 0.133 e. The zero-order valence-electron chi connectivity index (χ0n) is 12.1. The maximum absolute atomic E-state index is 12.2. The molecule has 0 saturated carbocycles. The zero-order valence-corrected chi connectivity index (χ0v) is 12.1. The lowest BCUT2D eigenvalue weighted by molar-refractivity contribution is -0.119. The molecule has 0 N–H and O–H groups in total. The molecule has 0 unspecified atom stereocenters. The van der Waals surface area contributed by atoms with E-state index in [2.05, 4.69) is 31.2 Å². The van der Waals surface area contributed by atoms with Crippen molar-refractivity contribution in [1.29, 1.82) is 0 Å². The average Bonchev–Trinajstić information content (AvgIpc) is 2.52. The molecule has 0 amide bonds. The van der Waals surface area contributed by atoms with E-state index in [0.717, 1.165) is 12.8 Å². The standard InChI is InChI=1S/C19H22O/c1-2-3-14-18(20)15-19(16-10-6-4-7-11-16)17-12-8-5-9-13-17/h4-13,19H,2-3,14-15H2,1H3. The molecule has 0 atom stereocenters. The molecule has 2 aromatic carbocycles. The van der Waals surface area contributed by atoms with Gasteiger partial charge in [0.05, 0.1) is 0 Å². The lowest BCUT2D eigenvalue weighted by Gasteiger charge is -2.17. The molecular formula is C19H22O. The molecule has 1 heteroatoms. The van der Waals surface area contributed by atoms with Crippen LogP contribution in [0.3, 0.4) is 0 Å². The van der Waals surface area contributed by atoms with Crippen molar-refractivity contribution in [1.82, 2.24) is 0 Å². The Bertz CT molecular complexity index is 476. The number of carbonyl (C=O) groups excluding carboxylic acids is 1. The monoisotopic (exact) mass is 266 g/mol. The first-order valence-electron chi connectivity index (χ1n) is 7.43. The first kappa shape index (κ1) is 14.5. The minimum Gasteiger partial charge on any atom is -0.300 e. The number of hydrogen-bond acceptors (Lipinski definition) is 1. The highest BCUT2D eigenvalue weighted by Gasteiger charge is 2.17. The normalized spacial score (nSPS) is 10.7. The van der Waals surface area contributed by atoms with Crippen LogP contribution in [0.25, 0.3) is 0 Å². The minimum atomic E-state index is 0.182. The second-order valence-electron chi connectivity index (χ2n) is 5.22. The predicted octanol–water partition coefficient (Wildman–Crippen LogP) is 4.97. The summed E-state index contributed by atoms with van der Waals surface area (Å²) in [5, 5.41) is 0. The molecule has 0 spiro atoms. The van der Waals surface area contributed by atoms with Crippen LogP contribution in [0.4, 0.5) is 0 Å². The summed E-state index contributed by atoms with van der Waals surface area (Å²) >= 11 is 0. The van der Waals surface area contributed by atoms with E-state index in [9.17, 15) is 4.79 Å². The van der Waals surface area contributed by atoms with Crippen molar-refractivity contribution < 1.29 is 4.79 Å². The van der Waals surface area contributed by atoms with Crippen LogP contribution in [0.5, 0.6) is 0 Å². The Morgan fingerprint density at radius 2 is 1.40 bits per heavy atom. The van der Waals surface area contributed by atoms with Crippen LogP contribution in [0.1, 0.15) is 49.7 Å². The molecule has 0 fully saturated rings. The molecule has 0 bridgehead atoms. The van der Waals surface area contributed by atoms with Crippen LogP contribution < -0.4 is 0 Å². The van der Waals surface area contributed by atoms with Gasteiger partial charge in [0.1, 0.15) is 5.78 Å². The molecule has 0 aliphatic rings. The molecule has 0 saturated heterocycles. The summed E-state index contributed by atoms with van der Waals surface area (Å²) in [6, 6.07) is 20.7. The summed E-state index contributed by atoms with van der Waals surface area (Å²) in [4.78, 5) is 12.2. The third kappa shape index (κ3) is 4.06. The van der Waals surface area contributed by atoms with E-state index in [4.69, 9.17) is 0 Å². The Hall–Kier alpha value is -1.89. The second-order valence-corrected chi connectivity index (χ2v) is 5.22. The highest BCUT2D eigenvalue weighted by atomic mass is 16.1. The molecule has 104 valence electrons. The number of benzene rings is 2. The third-order valence-corrected chi connectivity index (χ3v) is 3.64. The van der Waals surface area contributed by atoms with E-state index < -0.39 is 0 Å². The van der Waals surface area contributed by atoms with Crippen molar-refractivity contribution in [3.63, 3.8) is 0 Å². The Balaban J connectivity index is 2.19. The fourth-order valence-corrected chi connectivity index (χ4v) is 2.50. The maximum atomic E-state index is 12.2. The Morgan fingerprint density at radius 1 is 0.900 bits per heavy atom. The van der Waals surface area contributed by atoms with E-state index in [1.807, 2.05) is 36.4 Å². The van der Waals surface area contributed by atoms with Gasteiger partial charge in [-0.3, -0.25) is 4.79 Å². The summed E-state index contributed by atoms with van der Waals surface area (Å²) in [6.07, 6.45) is 3.38. The average molecular weight is 266 g/mol. The molecule has 0 heterocycles. The van der Waals surface area contributed by atoms with Crippen molar-refractivity contribution in [2.24, 2.45) is 0 Å². The molecule has 20 heavy (non-hydrogen) atoms. The summed E-state index contributed by atoms with van der Waals surface area (Å²) in [5.74, 6) is 0.548. The highest BCUT2D eigenvalue weighted by Crippen LogP contribution is 2.28. The van der Waals surface area contributed by atoms with Gasteiger partial charge in [0.25, 0.3) is 0 Å². The number of carbonyl (C=O) groups is 1. The Labute approximate surface area is 121 Å². The van der Waals surface area contributed by atoms with Gasteiger partial charge in [-0.25, -0.2) is 0 Å². The molecule has 2 aromatic rings. The summed E-state index contributed by atoms with van der Waals surface area (Å²) in [6.45, 7) is 2.12. The van der Waals surface area contributed by atoms with E-state index in [1.165, 1.54) is 11.1 Å². The van der Waals surface area contributed by atoms with Gasteiger partial charge >= 0.3 is 0 Å². The zero-order chi connectivity index (χ0) is 14.2. The predicted molar refractivity (Wildman–Crippen MR) is 83.9 cm³/mol. The van der Waals surface area contributed by atoms with Crippen LogP contribution >= 0.6 is 0 Å². The second kappa shape index (κ2) is 7.64. The molecule has 0 aliphatic heterocycles. The van der Waals surface area contributed by atoms with E-state index in [-0.39, 0.29) is 5.92 Å². The maximum Gasteiger partial charge on any atom is 0.133 e. The molecule has 1 nitrogen and oxygen atoms in total. The number of rotatable bonds is 7. The van der Waals surface area contributed by atoms with Crippen LogP contribution in [-0.4, -0.2) is 5.78 Å². The van der Waals surface area contributed by atoms with Crippen molar-refractivity contribution in [2.75, 3.05) is 0 Å². The van der Waals surface area contributed by atoms with Gasteiger partial charge in [0.2, 0.25) is 0 Å². The van der Waals surface area contributed by atoms with E-state index >= 15 is 0 Å². The van der Waals surface area contributed by atoms with Crippen molar-refractivity contribution in [3.8, 4) is 0 Å². The van der Waals surface area contributed by atoms with Gasteiger partial charge < -0.3 is 0 Å². The molecular weight excluding hydrogens is 244 g/mol. The quantitative estimate of drug-likeness (QED) is 0.691. The largest absolute Gasteiger partial charge is 0.300 e. The van der Waals surface area contributed by atoms with Crippen LogP contribution in [0.15, 0.2) is 60.7 Å². The van der Waals surface area contributed by atoms with Crippen LogP contribution in [0.2, 0.25) is 0 Å². The topological polar surface area (TPSA) is 17.1 Å². The van der Waals surface area contributed by atoms with Gasteiger partial charge in [-0.05, 0) is 17.5 Å². The number of hydrogen-bond donors (Lipinski definition) is 0. The first-order chi connectivity index (χ1) is 9.81. The van der Waals surface area contributed by atoms with Gasteiger partial charge in [-0.15, -0.1) is 0 Å². The Kier molecular flexibility index (Phi) is 5.55. The Morgan fingerprint density at radius 3 is 1.85 bits per heavy atom. The summed E-state index contributed by atoms with van der Waals surface area (Å²) in [7, 11) is 0. The SMILES string of the molecule is CCCCC(=O)CC(c1ccccc1)c1ccccc1. The molecule has 2 rings (SSSR count). The first-order valence-corrected chi connectivity index (χ1v) is 7.43. The van der Waals surface area contributed by atoms with Crippen molar-refractivity contribution in [3.05, 3.63) is 71.8 Å². The number of Topliss-reactive ketones (excluding diaryl/α,β-unsaturated/α-hetero) is 1. The van der Waals surface area contributed by atoms with Crippen LogP contribution in [-0.2, 0) is 4.79 Å². The van der Waals surface area contributed by atoms with Crippen LogP contribution in [0, 0.1) is 0 Å². The summed E-state index contributed by atoms with van der Waals surface area (Å²) in [5.41, 5.74) is 2.45. The van der Waals surface area contributed by atoms with Gasteiger partial charge in [0.15, 0.2) is 0 Å². The van der Waals surface area contributed by atoms with Gasteiger partial charge in [0, 0.05) is 18.8 Å². The van der Waals surface area contributed by atoms with Gasteiger partial charge in [-0.1, -0.05) is 74.0 Å². The van der Waals surface area contributed by atoms with Crippen molar-refractivity contribution >= 4 is 5.78 Å².